The summed E-state index contributed by atoms with van der Waals surface area (Å²) in [5.41, 5.74) is 0.310. The van der Waals surface area contributed by atoms with E-state index in [1.165, 1.54) is 0 Å². The summed E-state index contributed by atoms with van der Waals surface area (Å²) in [5.74, 6) is -0.339. The normalized spacial score (nSPS) is 11.9. The number of carbonyl (C=O) groups excluding carboxylic acids is 2. The maximum Gasteiger partial charge on any atom is 0.253 e. The van der Waals surface area contributed by atoms with Crippen molar-refractivity contribution in [1.29, 1.82) is 0 Å². The molecule has 0 aromatic heterocycles. The van der Waals surface area contributed by atoms with Crippen LogP contribution in [0.5, 0.6) is 0 Å². The topological polar surface area (TPSA) is 78.4 Å². The molecule has 24 heavy (non-hydrogen) atoms. The Labute approximate surface area is 144 Å². The Morgan fingerprint density at radius 3 is 2.29 bits per heavy atom. The van der Waals surface area contributed by atoms with Gasteiger partial charge in [-0.15, -0.1) is 0 Å². The number of anilines is 1. The lowest BCUT2D eigenvalue weighted by molar-refractivity contribution is -0.123. The maximum absolute atomic E-state index is 12.4. The molecule has 0 saturated carbocycles. The molecule has 0 aliphatic rings. The highest BCUT2D eigenvalue weighted by Crippen LogP contribution is 2.22. The molecule has 0 unspecified atom stereocenters. The first-order chi connectivity index (χ1) is 11.1. The third-order valence-electron chi connectivity index (χ3n) is 3.84. The lowest BCUT2D eigenvalue weighted by Gasteiger charge is -2.21. The standard InChI is InChI=1S/C19H30N2O3/c1-18(2,3)17(24)21-15-10-7-6-9-14(15)16(23)20-12-8-11-19(4,5)13-22/h6-7,9-10,22H,8,11-13H2,1-5H3,(H,20,23)(H,21,24). The van der Waals surface area contributed by atoms with Gasteiger partial charge in [0.1, 0.15) is 0 Å². The molecule has 3 N–H and O–H groups in total. The minimum atomic E-state index is -0.528. The number of aliphatic hydroxyl groups is 1. The zero-order valence-electron chi connectivity index (χ0n) is 15.4. The molecule has 1 rings (SSSR count). The number of hydrogen-bond acceptors (Lipinski definition) is 3. The first-order valence-corrected chi connectivity index (χ1v) is 8.36. The van der Waals surface area contributed by atoms with Gasteiger partial charge < -0.3 is 15.7 Å². The Hall–Kier alpha value is -1.88. The smallest absolute Gasteiger partial charge is 0.253 e. The second kappa shape index (κ2) is 8.29. The molecular formula is C19H30N2O3. The second-order valence-electron chi connectivity index (χ2n) is 7.93. The molecule has 0 saturated heterocycles. The van der Waals surface area contributed by atoms with Gasteiger partial charge in [0.05, 0.1) is 11.3 Å². The van der Waals surface area contributed by atoms with Crippen LogP contribution in [0.15, 0.2) is 24.3 Å². The summed E-state index contributed by atoms with van der Waals surface area (Å²) in [4.78, 5) is 24.5. The molecule has 0 radical (unpaired) electrons. The number of nitrogens with one attached hydrogen (secondary N) is 2. The van der Waals surface area contributed by atoms with E-state index in [0.717, 1.165) is 12.8 Å². The molecular weight excluding hydrogens is 304 g/mol. The fourth-order valence-corrected chi connectivity index (χ4v) is 2.04. The van der Waals surface area contributed by atoms with Crippen LogP contribution in [-0.2, 0) is 4.79 Å². The first-order valence-electron chi connectivity index (χ1n) is 8.36. The molecule has 0 aliphatic heterocycles. The largest absolute Gasteiger partial charge is 0.396 e. The van der Waals surface area contributed by atoms with Crippen molar-refractivity contribution in [2.75, 3.05) is 18.5 Å². The van der Waals surface area contributed by atoms with Gasteiger partial charge in [-0.1, -0.05) is 46.8 Å². The summed E-state index contributed by atoms with van der Waals surface area (Å²) in [6.07, 6.45) is 1.61. The molecule has 0 atom stereocenters. The van der Waals surface area contributed by atoms with Gasteiger partial charge in [0.2, 0.25) is 5.91 Å². The van der Waals surface area contributed by atoms with Crippen molar-refractivity contribution >= 4 is 17.5 Å². The second-order valence-corrected chi connectivity index (χ2v) is 7.93. The van der Waals surface area contributed by atoms with Crippen LogP contribution >= 0.6 is 0 Å². The molecule has 0 spiro atoms. The number of rotatable bonds is 7. The highest BCUT2D eigenvalue weighted by Gasteiger charge is 2.23. The van der Waals surface area contributed by atoms with Crippen LogP contribution in [0.25, 0.3) is 0 Å². The fraction of sp³-hybridized carbons (Fsp3) is 0.579. The van der Waals surface area contributed by atoms with Gasteiger partial charge in [0, 0.05) is 18.6 Å². The molecule has 0 heterocycles. The van der Waals surface area contributed by atoms with E-state index in [4.69, 9.17) is 0 Å². The van der Waals surface area contributed by atoms with E-state index in [9.17, 15) is 14.7 Å². The van der Waals surface area contributed by atoms with Crippen molar-refractivity contribution in [3.05, 3.63) is 29.8 Å². The average molecular weight is 334 g/mol. The summed E-state index contributed by atoms with van der Waals surface area (Å²) in [6.45, 7) is 10.1. The zero-order chi connectivity index (χ0) is 18.4. The minimum Gasteiger partial charge on any atom is -0.396 e. The van der Waals surface area contributed by atoms with E-state index in [-0.39, 0.29) is 23.8 Å². The van der Waals surface area contributed by atoms with Crippen molar-refractivity contribution in [3.8, 4) is 0 Å². The van der Waals surface area contributed by atoms with E-state index in [0.29, 0.717) is 17.8 Å². The van der Waals surface area contributed by atoms with Gasteiger partial charge in [0.25, 0.3) is 5.91 Å². The van der Waals surface area contributed by atoms with Crippen molar-refractivity contribution in [2.45, 2.75) is 47.5 Å². The van der Waals surface area contributed by atoms with Crippen LogP contribution in [-0.4, -0.2) is 30.1 Å². The fourth-order valence-electron chi connectivity index (χ4n) is 2.04. The maximum atomic E-state index is 12.4. The van der Waals surface area contributed by atoms with Crippen molar-refractivity contribution in [3.63, 3.8) is 0 Å². The number of para-hydroxylation sites is 1. The molecule has 1 aromatic rings. The van der Waals surface area contributed by atoms with Gasteiger partial charge >= 0.3 is 0 Å². The lowest BCUT2D eigenvalue weighted by Crippen LogP contribution is -2.30. The van der Waals surface area contributed by atoms with Crippen LogP contribution in [0.4, 0.5) is 5.69 Å². The first kappa shape index (κ1) is 20.2. The summed E-state index contributed by atoms with van der Waals surface area (Å²) >= 11 is 0. The van der Waals surface area contributed by atoms with Gasteiger partial charge in [-0.3, -0.25) is 9.59 Å². The van der Waals surface area contributed by atoms with Gasteiger partial charge in [-0.2, -0.15) is 0 Å². The molecule has 134 valence electrons. The molecule has 5 heteroatoms. The van der Waals surface area contributed by atoms with E-state index < -0.39 is 5.41 Å². The van der Waals surface area contributed by atoms with Crippen LogP contribution in [0.2, 0.25) is 0 Å². The van der Waals surface area contributed by atoms with Crippen LogP contribution in [0.3, 0.4) is 0 Å². The van der Waals surface area contributed by atoms with Crippen LogP contribution in [0, 0.1) is 10.8 Å². The summed E-state index contributed by atoms with van der Waals surface area (Å²) in [5, 5.41) is 14.9. The predicted molar refractivity (Wildman–Crippen MR) is 97.0 cm³/mol. The minimum absolute atomic E-state index is 0.128. The molecule has 0 aliphatic carbocycles. The predicted octanol–water partition coefficient (Wildman–Crippen LogP) is 3.20. The Bertz CT molecular complexity index is 574. The van der Waals surface area contributed by atoms with Crippen LogP contribution in [0.1, 0.15) is 57.8 Å². The van der Waals surface area contributed by atoms with Gasteiger partial charge in [-0.25, -0.2) is 0 Å². The number of benzene rings is 1. The Morgan fingerprint density at radius 2 is 1.71 bits per heavy atom. The van der Waals surface area contributed by atoms with E-state index in [1.54, 1.807) is 24.3 Å². The van der Waals surface area contributed by atoms with Crippen molar-refractivity contribution in [2.24, 2.45) is 10.8 Å². The van der Waals surface area contributed by atoms with Crippen molar-refractivity contribution in [1.82, 2.24) is 5.32 Å². The van der Waals surface area contributed by atoms with E-state index in [1.807, 2.05) is 34.6 Å². The third kappa shape index (κ3) is 6.32. The van der Waals surface area contributed by atoms with Crippen molar-refractivity contribution < 1.29 is 14.7 Å². The van der Waals surface area contributed by atoms with E-state index in [2.05, 4.69) is 10.6 Å². The Kier molecular flexibility index (Phi) is 6.96. The van der Waals surface area contributed by atoms with Gasteiger partial charge in [-0.05, 0) is 30.4 Å². The monoisotopic (exact) mass is 334 g/mol. The molecule has 1 aromatic carbocycles. The van der Waals surface area contributed by atoms with E-state index >= 15 is 0 Å². The average Bonchev–Trinajstić information content (AvgIpc) is 2.51. The number of aliphatic hydroxyl groups excluding tert-OH is 1. The Morgan fingerprint density at radius 1 is 1.08 bits per heavy atom. The highest BCUT2D eigenvalue weighted by atomic mass is 16.3. The lowest BCUT2D eigenvalue weighted by atomic mass is 9.89. The Balaban J connectivity index is 2.66. The SMILES string of the molecule is CC(C)(CO)CCCNC(=O)c1ccccc1NC(=O)C(C)(C)C. The molecule has 5 nitrogen and oxygen atoms in total. The number of amides is 2. The van der Waals surface area contributed by atoms with Crippen LogP contribution < -0.4 is 10.6 Å². The summed E-state index contributed by atoms with van der Waals surface area (Å²) in [6, 6.07) is 6.99. The molecule has 0 bridgehead atoms. The van der Waals surface area contributed by atoms with Gasteiger partial charge in [0.15, 0.2) is 0 Å². The zero-order valence-corrected chi connectivity index (χ0v) is 15.4. The summed E-state index contributed by atoms with van der Waals surface area (Å²) in [7, 11) is 0. The highest BCUT2D eigenvalue weighted by molar-refractivity contribution is 6.04. The number of hydrogen-bond donors (Lipinski definition) is 3. The molecule has 0 fully saturated rings. The summed E-state index contributed by atoms with van der Waals surface area (Å²) < 4.78 is 0. The quantitative estimate of drug-likeness (QED) is 0.670. The molecule has 2 amide bonds. The number of carbonyl (C=O) groups is 2. The third-order valence-corrected chi connectivity index (χ3v) is 3.84.